The van der Waals surface area contributed by atoms with E-state index in [1.54, 1.807) is 19.1 Å². The van der Waals surface area contributed by atoms with Gasteiger partial charge >= 0.3 is 0 Å². The summed E-state index contributed by atoms with van der Waals surface area (Å²) >= 11 is 0. The highest BCUT2D eigenvalue weighted by Crippen LogP contribution is 2.08. The smallest absolute Gasteiger partial charge is 0.237 e. The lowest BCUT2D eigenvalue weighted by Crippen LogP contribution is -2.40. The van der Waals surface area contributed by atoms with Crippen LogP contribution in [0.2, 0.25) is 0 Å². The number of ketones is 1. The van der Waals surface area contributed by atoms with Crippen molar-refractivity contribution in [1.29, 1.82) is 0 Å². The summed E-state index contributed by atoms with van der Waals surface area (Å²) in [6.07, 6.45) is 1.93. The summed E-state index contributed by atoms with van der Waals surface area (Å²) in [5, 5.41) is 6.02. The molecule has 0 radical (unpaired) electrons. The van der Waals surface area contributed by atoms with Crippen LogP contribution in [0.5, 0.6) is 0 Å². The van der Waals surface area contributed by atoms with E-state index in [-0.39, 0.29) is 17.7 Å². The third-order valence-electron chi connectivity index (χ3n) is 3.34. The molecule has 0 spiro atoms. The average molecular weight is 261 g/mol. The number of aryl methyl sites for hydroxylation is 1. The number of hydrogen-bond donors (Lipinski definition) is 2. The molecule has 0 bridgehead atoms. The van der Waals surface area contributed by atoms with Crippen molar-refractivity contribution in [2.45, 2.75) is 39.3 Å². The van der Waals surface area contributed by atoms with Crippen LogP contribution in [0.15, 0.2) is 12.1 Å². The second-order valence-electron chi connectivity index (χ2n) is 4.86. The van der Waals surface area contributed by atoms with Gasteiger partial charge in [-0.3, -0.25) is 14.6 Å². The van der Waals surface area contributed by atoms with E-state index in [2.05, 4.69) is 15.6 Å². The summed E-state index contributed by atoms with van der Waals surface area (Å²) in [5.74, 6) is 0.0309. The first-order valence-electron chi connectivity index (χ1n) is 6.56. The zero-order chi connectivity index (χ0) is 13.8. The van der Waals surface area contributed by atoms with Gasteiger partial charge in [0.05, 0.1) is 18.3 Å². The molecule has 2 N–H and O–H groups in total. The molecule has 0 aromatic carbocycles. The molecule has 1 atom stereocenters. The summed E-state index contributed by atoms with van der Waals surface area (Å²) < 4.78 is 0. The lowest BCUT2D eigenvalue weighted by Gasteiger charge is -2.11. The van der Waals surface area contributed by atoms with E-state index in [0.29, 0.717) is 17.8 Å². The normalized spacial score (nSPS) is 18.3. The number of pyridine rings is 1. The van der Waals surface area contributed by atoms with Gasteiger partial charge in [0, 0.05) is 11.3 Å². The quantitative estimate of drug-likeness (QED) is 0.792. The fourth-order valence-corrected chi connectivity index (χ4v) is 2.29. The van der Waals surface area contributed by atoms with Crippen LogP contribution < -0.4 is 10.6 Å². The van der Waals surface area contributed by atoms with Gasteiger partial charge in [-0.25, -0.2) is 0 Å². The summed E-state index contributed by atoms with van der Waals surface area (Å²) in [6.45, 7) is 4.64. The molecule has 1 amide bonds. The number of carbonyl (C=O) groups excluding carboxylic acids is 2. The Bertz CT molecular complexity index is 493. The van der Waals surface area contributed by atoms with Crippen molar-refractivity contribution in [1.82, 2.24) is 15.6 Å². The Balaban J connectivity index is 1.94. The van der Waals surface area contributed by atoms with Crippen molar-refractivity contribution in [3.05, 3.63) is 29.1 Å². The fraction of sp³-hybridized carbons (Fsp3) is 0.500. The Kier molecular flexibility index (Phi) is 4.27. The minimum Gasteiger partial charge on any atom is -0.349 e. The topological polar surface area (TPSA) is 71.1 Å². The van der Waals surface area contributed by atoms with Crippen LogP contribution in [0.4, 0.5) is 0 Å². The number of nitrogens with zero attached hydrogens (tertiary/aromatic N) is 1. The molecule has 2 rings (SSSR count). The zero-order valence-corrected chi connectivity index (χ0v) is 11.3. The second-order valence-corrected chi connectivity index (χ2v) is 4.86. The number of aromatic nitrogens is 1. The van der Waals surface area contributed by atoms with E-state index in [9.17, 15) is 9.59 Å². The van der Waals surface area contributed by atoms with Gasteiger partial charge in [-0.2, -0.15) is 0 Å². The molecule has 1 saturated heterocycles. The monoisotopic (exact) mass is 261 g/mol. The largest absolute Gasteiger partial charge is 0.349 e. The minimum absolute atomic E-state index is 0.00995. The maximum atomic E-state index is 11.8. The van der Waals surface area contributed by atoms with Crippen molar-refractivity contribution < 1.29 is 9.59 Å². The lowest BCUT2D eigenvalue weighted by molar-refractivity contribution is -0.122. The average Bonchev–Trinajstić information content (AvgIpc) is 2.89. The van der Waals surface area contributed by atoms with E-state index >= 15 is 0 Å². The number of hydrogen-bond acceptors (Lipinski definition) is 4. The molecule has 19 heavy (non-hydrogen) atoms. The molecule has 1 unspecified atom stereocenters. The fourth-order valence-electron chi connectivity index (χ4n) is 2.29. The molecule has 102 valence electrons. The van der Waals surface area contributed by atoms with Gasteiger partial charge in [0.25, 0.3) is 0 Å². The summed E-state index contributed by atoms with van der Waals surface area (Å²) in [6, 6.07) is 3.48. The van der Waals surface area contributed by atoms with Gasteiger partial charge < -0.3 is 10.6 Å². The Morgan fingerprint density at radius 1 is 1.47 bits per heavy atom. The first-order chi connectivity index (χ1) is 9.08. The molecule has 2 heterocycles. The van der Waals surface area contributed by atoms with Crippen molar-refractivity contribution in [2.75, 3.05) is 6.54 Å². The highest BCUT2D eigenvalue weighted by molar-refractivity contribution is 5.95. The third-order valence-corrected chi connectivity index (χ3v) is 3.34. The van der Waals surface area contributed by atoms with Crippen LogP contribution in [-0.2, 0) is 11.3 Å². The molecule has 0 saturated carbocycles. The molecule has 5 nitrogen and oxygen atoms in total. The molecular weight excluding hydrogens is 242 g/mol. The highest BCUT2D eigenvalue weighted by Gasteiger charge is 2.21. The molecule has 1 aromatic rings. The number of amides is 1. The molecule has 1 aromatic heterocycles. The maximum Gasteiger partial charge on any atom is 0.237 e. The van der Waals surface area contributed by atoms with Gasteiger partial charge in [-0.1, -0.05) is 0 Å². The Morgan fingerprint density at radius 2 is 2.26 bits per heavy atom. The number of nitrogens with one attached hydrogen (secondary N) is 2. The third kappa shape index (κ3) is 3.38. The Hall–Kier alpha value is -1.75. The molecule has 0 aliphatic carbocycles. The van der Waals surface area contributed by atoms with Crippen LogP contribution in [0.25, 0.3) is 0 Å². The second kappa shape index (κ2) is 5.93. The van der Waals surface area contributed by atoms with E-state index in [1.165, 1.54) is 6.92 Å². The predicted molar refractivity (Wildman–Crippen MR) is 71.8 cm³/mol. The van der Waals surface area contributed by atoms with E-state index in [1.807, 2.05) is 0 Å². The van der Waals surface area contributed by atoms with Gasteiger partial charge in [-0.05, 0) is 45.4 Å². The molecular formula is C14H19N3O2. The summed E-state index contributed by atoms with van der Waals surface area (Å²) in [4.78, 5) is 27.5. The Morgan fingerprint density at radius 3 is 2.84 bits per heavy atom. The molecule has 1 fully saturated rings. The van der Waals surface area contributed by atoms with Gasteiger partial charge in [0.1, 0.15) is 0 Å². The van der Waals surface area contributed by atoms with E-state index < -0.39 is 0 Å². The van der Waals surface area contributed by atoms with Gasteiger partial charge in [0.2, 0.25) is 5.91 Å². The van der Waals surface area contributed by atoms with Crippen molar-refractivity contribution in [2.24, 2.45) is 0 Å². The van der Waals surface area contributed by atoms with Crippen LogP contribution in [0.1, 0.15) is 41.5 Å². The van der Waals surface area contributed by atoms with Crippen LogP contribution >= 0.6 is 0 Å². The number of Topliss-reactive ketones (excluding diaryl/α,β-unsaturated/α-hetero) is 1. The standard InChI is InChI=1S/C14H19N3O2/c1-9-12(10(2)18)6-5-11(17-9)8-16-14(19)13-4-3-7-15-13/h5-6,13,15H,3-4,7-8H2,1-2H3,(H,16,19). The maximum absolute atomic E-state index is 11.8. The van der Waals surface area contributed by atoms with Crippen LogP contribution in [0.3, 0.4) is 0 Å². The van der Waals surface area contributed by atoms with Crippen molar-refractivity contribution >= 4 is 11.7 Å². The molecule has 1 aliphatic rings. The minimum atomic E-state index is -0.0717. The Labute approximate surface area is 112 Å². The lowest BCUT2D eigenvalue weighted by atomic mass is 10.1. The van der Waals surface area contributed by atoms with Crippen LogP contribution in [0, 0.1) is 6.92 Å². The highest BCUT2D eigenvalue weighted by atomic mass is 16.2. The van der Waals surface area contributed by atoms with Gasteiger partial charge in [0.15, 0.2) is 5.78 Å². The summed E-state index contributed by atoms with van der Waals surface area (Å²) in [7, 11) is 0. The zero-order valence-electron chi connectivity index (χ0n) is 11.3. The molecule has 5 heteroatoms. The predicted octanol–water partition coefficient (Wildman–Crippen LogP) is 0.961. The summed E-state index contributed by atoms with van der Waals surface area (Å²) in [5.41, 5.74) is 2.11. The van der Waals surface area contributed by atoms with E-state index in [0.717, 1.165) is 25.1 Å². The number of rotatable bonds is 4. The van der Waals surface area contributed by atoms with Crippen LogP contribution in [-0.4, -0.2) is 29.3 Å². The first-order valence-corrected chi connectivity index (χ1v) is 6.56. The molecule has 1 aliphatic heterocycles. The number of carbonyl (C=O) groups is 2. The van der Waals surface area contributed by atoms with Crippen molar-refractivity contribution in [3.8, 4) is 0 Å². The first kappa shape index (κ1) is 13.7. The van der Waals surface area contributed by atoms with Gasteiger partial charge in [-0.15, -0.1) is 0 Å². The SMILES string of the molecule is CC(=O)c1ccc(CNC(=O)C2CCCN2)nc1C. The van der Waals surface area contributed by atoms with Crippen molar-refractivity contribution in [3.63, 3.8) is 0 Å². The van der Waals surface area contributed by atoms with E-state index in [4.69, 9.17) is 0 Å².